The van der Waals surface area contributed by atoms with E-state index in [1.807, 2.05) is 30.5 Å². The molecular weight excluding hydrogens is 238 g/mol. The SMILES string of the molecule is CCC(Nc1nncc2ccccc12)c1ncc[nH]1. The monoisotopic (exact) mass is 253 g/mol. The van der Waals surface area contributed by atoms with Crippen LogP contribution >= 0.6 is 0 Å². The van der Waals surface area contributed by atoms with Gasteiger partial charge in [0.2, 0.25) is 0 Å². The Hall–Kier alpha value is -2.43. The van der Waals surface area contributed by atoms with Gasteiger partial charge in [0.05, 0.1) is 12.2 Å². The summed E-state index contributed by atoms with van der Waals surface area (Å²) < 4.78 is 0. The molecule has 2 heterocycles. The van der Waals surface area contributed by atoms with Crippen molar-refractivity contribution in [2.24, 2.45) is 0 Å². The van der Waals surface area contributed by atoms with Crippen molar-refractivity contribution in [3.63, 3.8) is 0 Å². The van der Waals surface area contributed by atoms with Gasteiger partial charge in [0.15, 0.2) is 5.82 Å². The fourth-order valence-electron chi connectivity index (χ4n) is 2.13. The average molecular weight is 253 g/mol. The first-order chi connectivity index (χ1) is 9.38. The van der Waals surface area contributed by atoms with Crippen molar-refractivity contribution in [3.05, 3.63) is 48.7 Å². The van der Waals surface area contributed by atoms with Crippen LogP contribution in [0, 0.1) is 0 Å². The molecule has 1 atom stereocenters. The third-order valence-corrected chi connectivity index (χ3v) is 3.14. The Bertz CT molecular complexity index is 657. The van der Waals surface area contributed by atoms with Crippen LogP contribution in [0.15, 0.2) is 42.9 Å². The van der Waals surface area contributed by atoms with E-state index in [1.54, 1.807) is 12.4 Å². The second kappa shape index (κ2) is 5.06. The lowest BCUT2D eigenvalue weighted by Gasteiger charge is -2.16. The van der Waals surface area contributed by atoms with E-state index < -0.39 is 0 Å². The van der Waals surface area contributed by atoms with Crippen LogP contribution in [0.1, 0.15) is 25.2 Å². The molecule has 1 aromatic carbocycles. The molecule has 0 spiro atoms. The van der Waals surface area contributed by atoms with Crippen molar-refractivity contribution < 1.29 is 0 Å². The summed E-state index contributed by atoms with van der Waals surface area (Å²) in [4.78, 5) is 7.43. The number of nitrogens with one attached hydrogen (secondary N) is 2. The first-order valence-electron chi connectivity index (χ1n) is 6.34. The maximum absolute atomic E-state index is 4.30. The van der Waals surface area contributed by atoms with Gasteiger partial charge in [-0.15, -0.1) is 5.10 Å². The number of rotatable bonds is 4. The van der Waals surface area contributed by atoms with Crippen LogP contribution in [0.5, 0.6) is 0 Å². The summed E-state index contributed by atoms with van der Waals surface area (Å²) in [5, 5.41) is 13.8. The van der Waals surface area contributed by atoms with E-state index in [9.17, 15) is 0 Å². The molecule has 0 aliphatic heterocycles. The first kappa shape index (κ1) is 11.6. The van der Waals surface area contributed by atoms with Gasteiger partial charge in [0, 0.05) is 23.2 Å². The lowest BCUT2D eigenvalue weighted by Crippen LogP contribution is -2.13. The zero-order chi connectivity index (χ0) is 13.1. The van der Waals surface area contributed by atoms with Crippen LogP contribution < -0.4 is 5.32 Å². The van der Waals surface area contributed by atoms with E-state index in [1.165, 1.54) is 0 Å². The maximum atomic E-state index is 4.30. The molecular formula is C14H15N5. The van der Waals surface area contributed by atoms with Crippen molar-refractivity contribution in [3.8, 4) is 0 Å². The average Bonchev–Trinajstić information content (AvgIpc) is 2.99. The highest BCUT2D eigenvalue weighted by Gasteiger charge is 2.13. The van der Waals surface area contributed by atoms with E-state index in [2.05, 4.69) is 32.4 Å². The molecule has 0 aliphatic carbocycles. The molecule has 1 unspecified atom stereocenters. The molecule has 3 rings (SSSR count). The van der Waals surface area contributed by atoms with E-state index in [0.717, 1.165) is 28.8 Å². The Labute approximate surface area is 111 Å². The van der Waals surface area contributed by atoms with Crippen molar-refractivity contribution in [2.75, 3.05) is 5.32 Å². The molecule has 5 nitrogen and oxygen atoms in total. The number of hydrogen-bond acceptors (Lipinski definition) is 4. The molecule has 3 aromatic rings. The van der Waals surface area contributed by atoms with Crippen molar-refractivity contribution in [1.82, 2.24) is 20.2 Å². The zero-order valence-corrected chi connectivity index (χ0v) is 10.7. The van der Waals surface area contributed by atoms with Crippen molar-refractivity contribution in [1.29, 1.82) is 0 Å². The summed E-state index contributed by atoms with van der Waals surface area (Å²) in [7, 11) is 0. The number of nitrogens with zero attached hydrogens (tertiary/aromatic N) is 3. The summed E-state index contributed by atoms with van der Waals surface area (Å²) in [6, 6.07) is 8.18. The minimum absolute atomic E-state index is 0.107. The Morgan fingerprint density at radius 2 is 2.21 bits per heavy atom. The molecule has 2 aromatic heterocycles. The van der Waals surface area contributed by atoms with Gasteiger partial charge in [-0.3, -0.25) is 0 Å². The van der Waals surface area contributed by atoms with E-state index in [-0.39, 0.29) is 6.04 Å². The largest absolute Gasteiger partial charge is 0.358 e. The second-order valence-electron chi connectivity index (χ2n) is 4.36. The van der Waals surface area contributed by atoms with Gasteiger partial charge in [0.25, 0.3) is 0 Å². The third-order valence-electron chi connectivity index (χ3n) is 3.14. The number of hydrogen-bond donors (Lipinski definition) is 2. The number of fused-ring (bicyclic) bond motifs is 1. The smallest absolute Gasteiger partial charge is 0.157 e. The predicted octanol–water partition coefficient (Wildman–Crippen LogP) is 2.92. The van der Waals surface area contributed by atoms with Crippen LogP contribution in [0.2, 0.25) is 0 Å². The molecule has 0 radical (unpaired) electrons. The summed E-state index contributed by atoms with van der Waals surface area (Å²) in [5.74, 6) is 1.71. The van der Waals surface area contributed by atoms with Gasteiger partial charge in [-0.25, -0.2) is 4.98 Å². The molecule has 0 saturated heterocycles. The molecule has 96 valence electrons. The van der Waals surface area contributed by atoms with E-state index >= 15 is 0 Å². The normalized spacial score (nSPS) is 12.5. The number of anilines is 1. The van der Waals surface area contributed by atoms with Crippen molar-refractivity contribution >= 4 is 16.6 Å². The van der Waals surface area contributed by atoms with Gasteiger partial charge in [-0.05, 0) is 6.42 Å². The van der Waals surface area contributed by atoms with Crippen LogP contribution in [0.3, 0.4) is 0 Å². The Morgan fingerprint density at radius 3 is 3.00 bits per heavy atom. The minimum Gasteiger partial charge on any atom is -0.358 e. The van der Waals surface area contributed by atoms with Gasteiger partial charge in [0.1, 0.15) is 5.82 Å². The molecule has 2 N–H and O–H groups in total. The second-order valence-corrected chi connectivity index (χ2v) is 4.36. The first-order valence-corrected chi connectivity index (χ1v) is 6.34. The van der Waals surface area contributed by atoms with Crippen LogP contribution in [-0.4, -0.2) is 20.2 Å². The van der Waals surface area contributed by atoms with Gasteiger partial charge < -0.3 is 10.3 Å². The molecule has 0 saturated carbocycles. The quantitative estimate of drug-likeness (QED) is 0.750. The molecule has 5 heteroatoms. The number of aromatic amines is 1. The lowest BCUT2D eigenvalue weighted by atomic mass is 10.1. The molecule has 0 bridgehead atoms. The third kappa shape index (κ3) is 2.27. The number of H-pyrrole nitrogens is 1. The summed E-state index contributed by atoms with van der Waals surface area (Å²) in [5.41, 5.74) is 0. The van der Waals surface area contributed by atoms with Crippen LogP contribution in [0.4, 0.5) is 5.82 Å². The van der Waals surface area contributed by atoms with Gasteiger partial charge in [-0.2, -0.15) is 5.10 Å². The molecule has 0 aliphatic rings. The zero-order valence-electron chi connectivity index (χ0n) is 10.7. The molecule has 0 amide bonds. The molecule has 19 heavy (non-hydrogen) atoms. The summed E-state index contributed by atoms with van der Waals surface area (Å²) in [6.07, 6.45) is 6.27. The highest BCUT2D eigenvalue weighted by Crippen LogP contribution is 2.24. The fraction of sp³-hybridized carbons (Fsp3) is 0.214. The van der Waals surface area contributed by atoms with Gasteiger partial charge >= 0.3 is 0 Å². The minimum atomic E-state index is 0.107. The maximum Gasteiger partial charge on any atom is 0.157 e. The van der Waals surface area contributed by atoms with Gasteiger partial charge in [-0.1, -0.05) is 31.2 Å². The van der Waals surface area contributed by atoms with E-state index in [0.29, 0.717) is 0 Å². The number of benzene rings is 1. The Kier molecular flexibility index (Phi) is 3.10. The van der Waals surface area contributed by atoms with Crippen LogP contribution in [0.25, 0.3) is 10.8 Å². The molecule has 0 fully saturated rings. The van der Waals surface area contributed by atoms with Crippen molar-refractivity contribution in [2.45, 2.75) is 19.4 Å². The summed E-state index contributed by atoms with van der Waals surface area (Å²) >= 11 is 0. The highest BCUT2D eigenvalue weighted by atomic mass is 15.2. The number of aromatic nitrogens is 4. The number of imidazole rings is 1. The van der Waals surface area contributed by atoms with E-state index in [4.69, 9.17) is 0 Å². The standard InChI is InChI=1S/C14H15N5/c1-2-12(14-15-7-8-16-14)18-13-11-6-4-3-5-10(11)9-17-19-13/h3-9,12H,2H2,1H3,(H,15,16)(H,18,19). The summed E-state index contributed by atoms with van der Waals surface area (Å²) in [6.45, 7) is 2.11. The topological polar surface area (TPSA) is 66.5 Å². The fourth-order valence-corrected chi connectivity index (χ4v) is 2.13. The Morgan fingerprint density at radius 1 is 1.32 bits per heavy atom. The van der Waals surface area contributed by atoms with Crippen LogP contribution in [-0.2, 0) is 0 Å². The Balaban J connectivity index is 1.96. The predicted molar refractivity (Wildman–Crippen MR) is 74.8 cm³/mol. The highest BCUT2D eigenvalue weighted by molar-refractivity contribution is 5.90. The lowest BCUT2D eigenvalue weighted by molar-refractivity contribution is 0.699.